The largest absolute Gasteiger partial charge is 0.469 e. The Morgan fingerprint density at radius 1 is 1.59 bits per heavy atom. The van der Waals surface area contributed by atoms with Gasteiger partial charge in [-0.3, -0.25) is 9.48 Å². The Bertz CT molecular complexity index is 396. The normalized spacial score (nSPS) is 11.6. The zero-order chi connectivity index (χ0) is 13.1. The van der Waals surface area contributed by atoms with Crippen LogP contribution in [0.15, 0.2) is 6.20 Å². The minimum Gasteiger partial charge on any atom is -0.469 e. The second-order valence-electron chi connectivity index (χ2n) is 4.89. The number of aryl methyl sites for hydroxylation is 2. The molecule has 1 N–H and O–H groups in total. The number of nitrogens with one attached hydrogen (secondary N) is 1. The van der Waals surface area contributed by atoms with Gasteiger partial charge in [-0.15, -0.1) is 0 Å². The molecule has 0 spiro atoms. The Morgan fingerprint density at radius 3 is 2.71 bits per heavy atom. The van der Waals surface area contributed by atoms with Crippen molar-refractivity contribution < 1.29 is 9.53 Å². The van der Waals surface area contributed by atoms with Crippen molar-refractivity contribution in [2.45, 2.75) is 27.3 Å². The first-order chi connectivity index (χ1) is 7.86. The number of hydrogen-bond donors (Lipinski definition) is 1. The van der Waals surface area contributed by atoms with Crippen molar-refractivity contribution in [2.24, 2.45) is 12.5 Å². The first-order valence-electron chi connectivity index (χ1n) is 5.65. The molecule has 17 heavy (non-hydrogen) atoms. The van der Waals surface area contributed by atoms with Crippen LogP contribution in [-0.2, 0) is 23.1 Å². The number of nitrogens with zero attached hydrogens (tertiary/aromatic N) is 2. The maximum atomic E-state index is 11.5. The molecular weight excluding hydrogens is 218 g/mol. The molecule has 0 aliphatic heterocycles. The molecule has 0 saturated carbocycles. The molecule has 0 radical (unpaired) electrons. The van der Waals surface area contributed by atoms with Gasteiger partial charge in [0.25, 0.3) is 0 Å². The van der Waals surface area contributed by atoms with E-state index in [-0.39, 0.29) is 5.97 Å². The molecule has 1 rings (SSSR count). The van der Waals surface area contributed by atoms with Gasteiger partial charge in [-0.1, -0.05) is 0 Å². The fourth-order valence-corrected chi connectivity index (χ4v) is 1.68. The summed E-state index contributed by atoms with van der Waals surface area (Å²) in [7, 11) is 3.31. The molecule has 0 bridgehead atoms. The van der Waals surface area contributed by atoms with E-state index in [9.17, 15) is 4.79 Å². The molecule has 0 unspecified atom stereocenters. The Morgan fingerprint density at radius 2 is 2.24 bits per heavy atom. The molecule has 1 aromatic heterocycles. The molecule has 0 saturated heterocycles. The van der Waals surface area contributed by atoms with Gasteiger partial charge < -0.3 is 10.1 Å². The van der Waals surface area contributed by atoms with E-state index >= 15 is 0 Å². The highest BCUT2D eigenvalue weighted by atomic mass is 16.5. The van der Waals surface area contributed by atoms with E-state index in [4.69, 9.17) is 4.74 Å². The van der Waals surface area contributed by atoms with Gasteiger partial charge in [0.2, 0.25) is 0 Å². The van der Waals surface area contributed by atoms with Gasteiger partial charge in [0.05, 0.1) is 18.2 Å². The predicted molar refractivity (Wildman–Crippen MR) is 65.4 cm³/mol. The van der Waals surface area contributed by atoms with Crippen LogP contribution in [0.3, 0.4) is 0 Å². The molecule has 0 aliphatic rings. The third-order valence-corrected chi connectivity index (χ3v) is 2.74. The maximum Gasteiger partial charge on any atom is 0.312 e. The van der Waals surface area contributed by atoms with Gasteiger partial charge in [0.15, 0.2) is 0 Å². The van der Waals surface area contributed by atoms with Crippen molar-refractivity contribution in [3.05, 3.63) is 17.5 Å². The second-order valence-corrected chi connectivity index (χ2v) is 4.89. The number of aromatic nitrogens is 2. The van der Waals surface area contributed by atoms with E-state index < -0.39 is 5.41 Å². The standard InChI is InChI=1S/C12H21N3O2/c1-9-10(7-15(4)14-9)6-13-8-12(2,3)11(16)17-5/h7,13H,6,8H2,1-5H3. The van der Waals surface area contributed by atoms with E-state index in [1.807, 2.05) is 34.0 Å². The zero-order valence-corrected chi connectivity index (χ0v) is 11.2. The topological polar surface area (TPSA) is 56.1 Å². The van der Waals surface area contributed by atoms with Crippen molar-refractivity contribution in [3.63, 3.8) is 0 Å². The van der Waals surface area contributed by atoms with E-state index in [0.717, 1.165) is 11.3 Å². The van der Waals surface area contributed by atoms with Crippen LogP contribution in [0.25, 0.3) is 0 Å². The van der Waals surface area contributed by atoms with Crippen LogP contribution in [0.2, 0.25) is 0 Å². The van der Waals surface area contributed by atoms with Crippen molar-refractivity contribution in [3.8, 4) is 0 Å². The van der Waals surface area contributed by atoms with Crippen LogP contribution in [0.5, 0.6) is 0 Å². The second kappa shape index (κ2) is 5.31. The fraction of sp³-hybridized carbons (Fsp3) is 0.667. The third-order valence-electron chi connectivity index (χ3n) is 2.74. The van der Waals surface area contributed by atoms with Gasteiger partial charge >= 0.3 is 5.97 Å². The zero-order valence-electron chi connectivity index (χ0n) is 11.2. The van der Waals surface area contributed by atoms with Crippen LogP contribution in [-0.4, -0.2) is 29.4 Å². The molecule has 0 fully saturated rings. The number of esters is 1. The number of ether oxygens (including phenoxy) is 1. The van der Waals surface area contributed by atoms with E-state index in [2.05, 4.69) is 10.4 Å². The lowest BCUT2D eigenvalue weighted by Crippen LogP contribution is -2.36. The summed E-state index contributed by atoms with van der Waals surface area (Å²) in [6, 6.07) is 0. The first kappa shape index (κ1) is 13.7. The molecule has 1 heterocycles. The molecule has 0 amide bonds. The Kier molecular flexibility index (Phi) is 4.28. The van der Waals surface area contributed by atoms with Gasteiger partial charge in [-0.2, -0.15) is 5.10 Å². The van der Waals surface area contributed by atoms with Crippen molar-refractivity contribution >= 4 is 5.97 Å². The van der Waals surface area contributed by atoms with Gasteiger partial charge in [0, 0.05) is 31.9 Å². The Hall–Kier alpha value is -1.36. The summed E-state index contributed by atoms with van der Waals surface area (Å²) >= 11 is 0. The van der Waals surface area contributed by atoms with Crippen LogP contribution in [0, 0.1) is 12.3 Å². The minimum absolute atomic E-state index is 0.201. The van der Waals surface area contributed by atoms with E-state index in [1.165, 1.54) is 7.11 Å². The molecule has 0 aromatic carbocycles. The third kappa shape index (κ3) is 3.56. The lowest BCUT2D eigenvalue weighted by Gasteiger charge is -2.21. The highest BCUT2D eigenvalue weighted by molar-refractivity contribution is 5.76. The summed E-state index contributed by atoms with van der Waals surface area (Å²) < 4.78 is 6.54. The number of rotatable bonds is 5. The Labute approximate surface area is 102 Å². The van der Waals surface area contributed by atoms with Crippen molar-refractivity contribution in [2.75, 3.05) is 13.7 Å². The highest BCUT2D eigenvalue weighted by Crippen LogP contribution is 2.15. The number of methoxy groups -OCH3 is 1. The summed E-state index contributed by atoms with van der Waals surface area (Å²) in [6.45, 7) is 6.99. The molecule has 5 nitrogen and oxygen atoms in total. The summed E-state index contributed by atoms with van der Waals surface area (Å²) in [6.07, 6.45) is 1.98. The summed E-state index contributed by atoms with van der Waals surface area (Å²) in [5.41, 5.74) is 1.65. The average Bonchev–Trinajstić information content (AvgIpc) is 2.56. The van der Waals surface area contributed by atoms with Crippen molar-refractivity contribution in [1.29, 1.82) is 0 Å². The van der Waals surface area contributed by atoms with Gasteiger partial charge in [0.1, 0.15) is 0 Å². The van der Waals surface area contributed by atoms with Crippen molar-refractivity contribution in [1.82, 2.24) is 15.1 Å². The average molecular weight is 239 g/mol. The van der Waals surface area contributed by atoms with Crippen LogP contribution < -0.4 is 5.32 Å². The molecular formula is C12H21N3O2. The van der Waals surface area contributed by atoms with Gasteiger partial charge in [-0.05, 0) is 20.8 Å². The molecule has 1 aromatic rings. The first-order valence-corrected chi connectivity index (χ1v) is 5.65. The lowest BCUT2D eigenvalue weighted by atomic mass is 9.94. The molecule has 5 heteroatoms. The highest BCUT2D eigenvalue weighted by Gasteiger charge is 2.28. The summed E-state index contributed by atoms with van der Waals surface area (Å²) in [5, 5.41) is 7.52. The smallest absolute Gasteiger partial charge is 0.312 e. The molecule has 0 atom stereocenters. The monoisotopic (exact) mass is 239 g/mol. The maximum absolute atomic E-state index is 11.5. The number of hydrogen-bond acceptors (Lipinski definition) is 4. The summed E-state index contributed by atoms with van der Waals surface area (Å²) in [4.78, 5) is 11.5. The van der Waals surface area contributed by atoms with Gasteiger partial charge in [-0.25, -0.2) is 0 Å². The number of carbonyl (C=O) groups excluding carboxylic acids is 1. The molecule has 0 aliphatic carbocycles. The van der Waals surface area contributed by atoms with Crippen LogP contribution >= 0.6 is 0 Å². The van der Waals surface area contributed by atoms with E-state index in [1.54, 1.807) is 4.68 Å². The SMILES string of the molecule is COC(=O)C(C)(C)CNCc1cn(C)nc1C. The quantitative estimate of drug-likeness (QED) is 0.779. The van der Waals surface area contributed by atoms with Crippen LogP contribution in [0.4, 0.5) is 0 Å². The number of carbonyl (C=O) groups is 1. The molecule has 96 valence electrons. The summed E-state index contributed by atoms with van der Waals surface area (Å²) in [5.74, 6) is -0.201. The fourth-order valence-electron chi connectivity index (χ4n) is 1.68. The predicted octanol–water partition coefficient (Wildman–Crippen LogP) is 1.02. The van der Waals surface area contributed by atoms with E-state index in [0.29, 0.717) is 13.1 Å². The lowest BCUT2D eigenvalue weighted by molar-refractivity contribution is -0.150. The Balaban J connectivity index is 2.48. The minimum atomic E-state index is -0.509. The van der Waals surface area contributed by atoms with Crippen LogP contribution in [0.1, 0.15) is 25.1 Å².